The fraction of sp³-hybridized carbons (Fsp3) is 0.194. The van der Waals surface area contributed by atoms with Gasteiger partial charge < -0.3 is 21.1 Å². The summed E-state index contributed by atoms with van der Waals surface area (Å²) in [6.45, 7) is 0. The number of allylic oxidation sites excluding steroid dienone is 4. The number of nitrogens with one attached hydrogen (secondary N) is 2. The summed E-state index contributed by atoms with van der Waals surface area (Å²) in [6, 6.07) is 16.7. The van der Waals surface area contributed by atoms with E-state index in [0.717, 1.165) is 9.13 Å². The molecule has 4 atom stereocenters. The van der Waals surface area contributed by atoms with E-state index in [4.69, 9.17) is 33.7 Å². The Morgan fingerprint density at radius 1 is 1.02 bits per heavy atom. The summed E-state index contributed by atoms with van der Waals surface area (Å²) in [5, 5.41) is 7.39. The summed E-state index contributed by atoms with van der Waals surface area (Å²) in [6.07, 6.45) is 6.41. The smallest absolute Gasteiger partial charge is 0.248 e. The second kappa shape index (κ2) is 10.8. The Hall–Kier alpha value is -3.34. The van der Waals surface area contributed by atoms with Gasteiger partial charge in [-0.3, -0.25) is 14.4 Å². The minimum Gasteiger partial charge on any atom is -0.457 e. The molecule has 0 radical (unpaired) electrons. The van der Waals surface area contributed by atoms with Crippen LogP contribution in [-0.4, -0.2) is 17.7 Å². The summed E-state index contributed by atoms with van der Waals surface area (Å²) in [5.74, 6) is -0.572. The molecule has 41 heavy (non-hydrogen) atoms. The number of nitrogens with two attached hydrogens (primary N) is 1. The largest absolute Gasteiger partial charge is 0.457 e. The van der Waals surface area contributed by atoms with Gasteiger partial charge in [0.15, 0.2) is 0 Å². The van der Waals surface area contributed by atoms with Crippen LogP contribution >= 0.6 is 45.8 Å². The van der Waals surface area contributed by atoms with Gasteiger partial charge in [-0.15, -0.1) is 0 Å². The van der Waals surface area contributed by atoms with Gasteiger partial charge in [-0.2, -0.15) is 0 Å². The number of piperidine rings is 1. The molecule has 1 fully saturated rings. The first-order valence-corrected chi connectivity index (χ1v) is 14.8. The van der Waals surface area contributed by atoms with Gasteiger partial charge in [0.1, 0.15) is 16.9 Å². The molecule has 4 N–H and O–H groups in total. The standard InChI is InChI=1S/C31H24Cl2IN3O4/c32-18-3-1-2-17(12-18)24-15-27(38)37-28(31(24)23-10-6-19(33)13-25(23)36-30(31)40)22-14-20(34)7-11-26(22)41-21-8-4-16(5-9-21)29(35)39/h1-11,13-14,17,24,28H,12,15H2,(H2,35,39)(H,36,40)(H,37,38)/t17?,24-,28+,31-/m0/s1. The van der Waals surface area contributed by atoms with Crippen LogP contribution in [-0.2, 0) is 15.0 Å². The molecule has 0 saturated carbocycles. The molecular weight excluding hydrogens is 676 g/mol. The highest BCUT2D eigenvalue weighted by atomic mass is 127. The zero-order valence-corrected chi connectivity index (χ0v) is 25.2. The number of carbonyl (C=O) groups is 3. The second-order valence-electron chi connectivity index (χ2n) is 10.4. The van der Waals surface area contributed by atoms with Crippen molar-refractivity contribution in [1.29, 1.82) is 0 Å². The predicted octanol–water partition coefficient (Wildman–Crippen LogP) is 6.60. The van der Waals surface area contributed by atoms with Crippen LogP contribution in [0.15, 0.2) is 83.9 Å². The lowest BCUT2D eigenvalue weighted by Gasteiger charge is -2.49. The maximum absolute atomic E-state index is 14.3. The van der Waals surface area contributed by atoms with Crippen LogP contribution in [0, 0.1) is 15.4 Å². The van der Waals surface area contributed by atoms with Crippen LogP contribution in [0.1, 0.15) is 40.4 Å². The van der Waals surface area contributed by atoms with Gasteiger partial charge >= 0.3 is 0 Å². The molecule has 1 spiro atoms. The van der Waals surface area contributed by atoms with Crippen molar-refractivity contribution in [1.82, 2.24) is 5.32 Å². The van der Waals surface area contributed by atoms with Crippen molar-refractivity contribution in [2.45, 2.75) is 24.3 Å². The van der Waals surface area contributed by atoms with Gasteiger partial charge in [0.25, 0.3) is 0 Å². The molecule has 3 aromatic carbocycles. The third-order valence-corrected chi connectivity index (χ3v) is 9.22. The first-order valence-electron chi connectivity index (χ1n) is 13.0. The highest BCUT2D eigenvalue weighted by Crippen LogP contribution is 2.58. The lowest BCUT2D eigenvalue weighted by atomic mass is 9.57. The molecule has 2 heterocycles. The number of anilines is 1. The van der Waals surface area contributed by atoms with Crippen molar-refractivity contribution in [3.8, 4) is 11.5 Å². The first-order chi connectivity index (χ1) is 19.7. The van der Waals surface area contributed by atoms with Crippen LogP contribution in [0.4, 0.5) is 5.69 Å². The Morgan fingerprint density at radius 3 is 2.54 bits per heavy atom. The van der Waals surface area contributed by atoms with E-state index in [1.165, 1.54) is 0 Å². The Kier molecular flexibility index (Phi) is 7.33. The number of ether oxygens (including phenoxy) is 1. The summed E-state index contributed by atoms with van der Waals surface area (Å²) < 4.78 is 7.23. The molecule has 3 aromatic rings. The predicted molar refractivity (Wildman–Crippen MR) is 166 cm³/mol. The lowest BCUT2D eigenvalue weighted by molar-refractivity contribution is -0.135. The van der Waals surface area contributed by atoms with Gasteiger partial charge in [-0.05, 0) is 107 Å². The van der Waals surface area contributed by atoms with Crippen LogP contribution in [0.5, 0.6) is 11.5 Å². The molecule has 3 amide bonds. The van der Waals surface area contributed by atoms with Crippen LogP contribution in [0.2, 0.25) is 5.02 Å². The third-order valence-electron chi connectivity index (χ3n) is 8.03. The monoisotopic (exact) mass is 699 g/mol. The summed E-state index contributed by atoms with van der Waals surface area (Å²) in [4.78, 5) is 39.3. The van der Waals surface area contributed by atoms with Crippen LogP contribution < -0.4 is 21.1 Å². The molecule has 208 valence electrons. The second-order valence-corrected chi connectivity index (χ2v) is 12.5. The number of primary amides is 1. The van der Waals surface area contributed by atoms with Crippen molar-refractivity contribution >= 4 is 69.2 Å². The van der Waals surface area contributed by atoms with Gasteiger partial charge in [-0.25, -0.2) is 0 Å². The molecule has 3 aliphatic rings. The van der Waals surface area contributed by atoms with Crippen molar-refractivity contribution < 1.29 is 19.1 Å². The molecule has 0 aromatic heterocycles. The van der Waals surface area contributed by atoms with E-state index < -0.39 is 23.3 Å². The van der Waals surface area contributed by atoms with E-state index in [0.29, 0.717) is 44.8 Å². The number of halogens is 3. The molecule has 1 aliphatic carbocycles. The summed E-state index contributed by atoms with van der Waals surface area (Å²) in [7, 11) is 0. The first kappa shape index (κ1) is 27.8. The van der Waals surface area contributed by atoms with E-state index in [2.05, 4.69) is 33.2 Å². The number of benzene rings is 3. The highest BCUT2D eigenvalue weighted by Gasteiger charge is 2.62. The third kappa shape index (κ3) is 4.91. The Morgan fingerprint density at radius 2 is 1.80 bits per heavy atom. The van der Waals surface area contributed by atoms with E-state index in [1.54, 1.807) is 36.4 Å². The van der Waals surface area contributed by atoms with Gasteiger partial charge in [0.2, 0.25) is 17.7 Å². The SMILES string of the molecule is NC(=O)c1ccc(Oc2ccc(I)cc2[C@H]2NC(=O)C[C@@H](C3C=CC=C(Cl)C3)[C@]23C(=O)Nc2cc(Cl)ccc23)cc1. The maximum Gasteiger partial charge on any atom is 0.248 e. The van der Waals surface area contributed by atoms with Crippen molar-refractivity contribution in [3.05, 3.63) is 109 Å². The molecule has 6 rings (SSSR count). The maximum atomic E-state index is 14.3. The van der Waals surface area contributed by atoms with Crippen molar-refractivity contribution in [3.63, 3.8) is 0 Å². The average Bonchev–Trinajstić information content (AvgIpc) is 3.22. The average molecular weight is 700 g/mol. The van der Waals surface area contributed by atoms with E-state index in [9.17, 15) is 14.4 Å². The topological polar surface area (TPSA) is 111 Å². The summed E-state index contributed by atoms with van der Waals surface area (Å²) >= 11 is 15.0. The number of rotatable bonds is 5. The van der Waals surface area contributed by atoms with E-state index in [-0.39, 0.29) is 24.2 Å². The molecule has 7 nitrogen and oxygen atoms in total. The highest BCUT2D eigenvalue weighted by molar-refractivity contribution is 14.1. The molecule has 1 unspecified atom stereocenters. The lowest BCUT2D eigenvalue weighted by Crippen LogP contribution is -2.59. The van der Waals surface area contributed by atoms with Crippen LogP contribution in [0.3, 0.4) is 0 Å². The van der Waals surface area contributed by atoms with E-state index in [1.807, 2.05) is 42.5 Å². The van der Waals surface area contributed by atoms with Crippen LogP contribution in [0.25, 0.3) is 0 Å². The van der Waals surface area contributed by atoms with Crippen molar-refractivity contribution in [2.24, 2.45) is 17.6 Å². The number of fused-ring (bicyclic) bond motifs is 2. The Balaban J connectivity index is 1.53. The number of hydrogen-bond donors (Lipinski definition) is 3. The Labute approximate surface area is 260 Å². The van der Waals surface area contributed by atoms with Gasteiger partial charge in [0, 0.05) is 36.9 Å². The minimum atomic E-state index is -1.18. The normalized spacial score (nSPS) is 24.9. The number of amides is 3. The fourth-order valence-electron chi connectivity index (χ4n) is 6.30. The van der Waals surface area contributed by atoms with Gasteiger partial charge in [0.05, 0.1) is 6.04 Å². The van der Waals surface area contributed by atoms with E-state index >= 15 is 0 Å². The fourth-order valence-corrected chi connectivity index (χ4v) is 7.23. The molecule has 10 heteroatoms. The van der Waals surface area contributed by atoms with Crippen molar-refractivity contribution in [2.75, 3.05) is 5.32 Å². The molecule has 2 aliphatic heterocycles. The quantitative estimate of drug-likeness (QED) is 0.261. The zero-order chi connectivity index (χ0) is 28.9. The number of carbonyl (C=O) groups excluding carboxylic acids is 3. The summed E-state index contributed by atoms with van der Waals surface area (Å²) in [5.41, 5.74) is 6.59. The van der Waals surface area contributed by atoms with Gasteiger partial charge in [-0.1, -0.05) is 41.4 Å². The minimum absolute atomic E-state index is 0.139. The molecule has 0 bridgehead atoms. The number of hydrogen-bond acceptors (Lipinski definition) is 4. The Bertz CT molecular complexity index is 1660. The molecular formula is C31H24Cl2IN3O4. The molecule has 1 saturated heterocycles. The zero-order valence-electron chi connectivity index (χ0n) is 21.5.